The minimum atomic E-state index is 0.166. The van der Waals surface area contributed by atoms with Crippen molar-refractivity contribution in [2.45, 2.75) is 32.4 Å². The molecule has 0 saturated carbocycles. The fourth-order valence-electron chi connectivity index (χ4n) is 3.01. The van der Waals surface area contributed by atoms with Crippen LogP contribution in [0.1, 0.15) is 30.9 Å². The largest absolute Gasteiger partial charge is 0.409 e. The van der Waals surface area contributed by atoms with Crippen LogP contribution in [0.15, 0.2) is 29.4 Å². The third-order valence-electron chi connectivity index (χ3n) is 4.21. The van der Waals surface area contributed by atoms with Crippen molar-refractivity contribution >= 4 is 5.84 Å². The summed E-state index contributed by atoms with van der Waals surface area (Å²) in [5.41, 5.74) is 7.66. The fraction of sp³-hybridized carbons (Fsp3) is 0.562. The van der Waals surface area contributed by atoms with Crippen LogP contribution in [-0.4, -0.2) is 53.6 Å². The lowest BCUT2D eigenvalue weighted by Crippen LogP contribution is -2.39. The second-order valence-corrected chi connectivity index (χ2v) is 5.83. The quantitative estimate of drug-likeness (QED) is 0.383. The smallest absolute Gasteiger partial charge is 0.170 e. The average Bonchev–Trinajstić information content (AvgIpc) is 2.68. The first-order chi connectivity index (χ1) is 10.1. The zero-order chi connectivity index (χ0) is 15.2. The molecule has 1 fully saturated rings. The number of likely N-dealkylation sites (N-methyl/N-ethyl adjacent to an activating group) is 1. The van der Waals surface area contributed by atoms with Crippen LogP contribution >= 0.6 is 0 Å². The summed E-state index contributed by atoms with van der Waals surface area (Å²) >= 11 is 0. The van der Waals surface area contributed by atoms with E-state index in [2.05, 4.69) is 35.0 Å². The molecule has 3 N–H and O–H groups in total. The molecule has 1 aliphatic rings. The summed E-state index contributed by atoms with van der Waals surface area (Å²) in [4.78, 5) is 4.97. The van der Waals surface area contributed by atoms with Crippen molar-refractivity contribution in [3.63, 3.8) is 0 Å². The van der Waals surface area contributed by atoms with Gasteiger partial charge in [0.2, 0.25) is 0 Å². The van der Waals surface area contributed by atoms with Crippen molar-refractivity contribution in [3.05, 3.63) is 35.4 Å². The van der Waals surface area contributed by atoms with Gasteiger partial charge in [-0.3, -0.25) is 4.90 Å². The number of nitrogens with zero attached hydrogens (tertiary/aromatic N) is 3. The maximum Gasteiger partial charge on any atom is 0.170 e. The summed E-state index contributed by atoms with van der Waals surface area (Å²) in [5, 5.41) is 11.9. The van der Waals surface area contributed by atoms with E-state index in [4.69, 9.17) is 10.9 Å². The van der Waals surface area contributed by atoms with E-state index in [0.29, 0.717) is 6.04 Å². The third kappa shape index (κ3) is 4.19. The molecule has 0 amide bonds. The Balaban J connectivity index is 2.12. The van der Waals surface area contributed by atoms with Gasteiger partial charge in [0.25, 0.3) is 0 Å². The number of hydrogen-bond acceptors (Lipinski definition) is 4. The molecule has 0 aliphatic carbocycles. The number of hydrogen-bond donors (Lipinski definition) is 2. The van der Waals surface area contributed by atoms with Gasteiger partial charge in [0.1, 0.15) is 0 Å². The van der Waals surface area contributed by atoms with E-state index in [9.17, 15) is 0 Å². The predicted octanol–water partition coefficient (Wildman–Crippen LogP) is 1.70. The molecule has 1 heterocycles. The molecule has 0 radical (unpaired) electrons. The van der Waals surface area contributed by atoms with Crippen molar-refractivity contribution < 1.29 is 5.21 Å². The summed E-state index contributed by atoms with van der Waals surface area (Å²) < 4.78 is 0. The van der Waals surface area contributed by atoms with Gasteiger partial charge in [0.05, 0.1) is 0 Å². The molecule has 1 atom stereocenters. The van der Waals surface area contributed by atoms with Crippen LogP contribution in [0.5, 0.6) is 0 Å². The lowest BCUT2D eigenvalue weighted by Gasteiger charge is -2.30. The Morgan fingerprint density at radius 2 is 2.24 bits per heavy atom. The maximum absolute atomic E-state index is 8.79. The summed E-state index contributed by atoms with van der Waals surface area (Å²) in [5.74, 6) is 0.166. The molecule has 5 nitrogen and oxygen atoms in total. The molecule has 1 aliphatic heterocycles. The monoisotopic (exact) mass is 290 g/mol. The van der Waals surface area contributed by atoms with Gasteiger partial charge in [-0.05, 0) is 38.1 Å². The maximum atomic E-state index is 8.79. The Kier molecular flexibility index (Phi) is 5.59. The van der Waals surface area contributed by atoms with E-state index in [1.165, 1.54) is 12.0 Å². The number of oxime groups is 1. The Labute approximate surface area is 127 Å². The molecule has 0 aromatic heterocycles. The van der Waals surface area contributed by atoms with Gasteiger partial charge in [-0.15, -0.1) is 0 Å². The molecule has 5 heteroatoms. The van der Waals surface area contributed by atoms with E-state index in [1.54, 1.807) is 0 Å². The normalized spacial score (nSPS) is 22.2. The minimum absolute atomic E-state index is 0.166. The number of rotatable bonds is 4. The molecule has 0 bridgehead atoms. The zero-order valence-corrected chi connectivity index (χ0v) is 13.0. The standard InChI is InChI=1S/C16H26N4O/c1-3-15-12-19(2)8-5-9-20(15)11-13-6-4-7-14(10-13)16(17)18-21/h4,6-7,10,15,21H,3,5,8-9,11-12H2,1-2H3,(H2,17,18). The van der Waals surface area contributed by atoms with Crippen LogP contribution < -0.4 is 5.73 Å². The Hall–Kier alpha value is -1.59. The number of nitrogens with two attached hydrogens (primary N) is 1. The number of benzene rings is 1. The van der Waals surface area contributed by atoms with Crippen LogP contribution in [0.3, 0.4) is 0 Å². The van der Waals surface area contributed by atoms with Gasteiger partial charge in [0.15, 0.2) is 5.84 Å². The van der Waals surface area contributed by atoms with E-state index in [-0.39, 0.29) is 5.84 Å². The fourth-order valence-corrected chi connectivity index (χ4v) is 3.01. The molecule has 116 valence electrons. The lowest BCUT2D eigenvalue weighted by atomic mass is 10.1. The highest BCUT2D eigenvalue weighted by molar-refractivity contribution is 5.97. The van der Waals surface area contributed by atoms with E-state index in [0.717, 1.165) is 38.2 Å². The van der Waals surface area contributed by atoms with E-state index in [1.807, 2.05) is 18.2 Å². The molecular formula is C16H26N4O. The SMILES string of the molecule is CCC1CN(C)CCCN1Cc1cccc(/C(N)=N/O)c1. The van der Waals surface area contributed by atoms with Crippen LogP contribution in [0.4, 0.5) is 0 Å². The Morgan fingerprint density at radius 3 is 2.95 bits per heavy atom. The van der Waals surface area contributed by atoms with Crippen LogP contribution in [-0.2, 0) is 6.54 Å². The van der Waals surface area contributed by atoms with Crippen LogP contribution in [0.25, 0.3) is 0 Å². The highest BCUT2D eigenvalue weighted by Gasteiger charge is 2.21. The predicted molar refractivity (Wildman–Crippen MR) is 85.6 cm³/mol. The Morgan fingerprint density at radius 1 is 1.43 bits per heavy atom. The summed E-state index contributed by atoms with van der Waals surface area (Å²) in [6, 6.07) is 8.54. The molecular weight excluding hydrogens is 264 g/mol. The summed E-state index contributed by atoms with van der Waals surface area (Å²) in [6.07, 6.45) is 2.36. The highest BCUT2D eigenvalue weighted by Crippen LogP contribution is 2.16. The minimum Gasteiger partial charge on any atom is -0.409 e. The lowest BCUT2D eigenvalue weighted by molar-refractivity contribution is 0.176. The second kappa shape index (κ2) is 7.43. The molecule has 0 spiro atoms. The van der Waals surface area contributed by atoms with Gasteiger partial charge >= 0.3 is 0 Å². The van der Waals surface area contributed by atoms with Gasteiger partial charge in [-0.25, -0.2) is 0 Å². The molecule has 2 rings (SSSR count). The van der Waals surface area contributed by atoms with Crippen molar-refractivity contribution in [1.82, 2.24) is 9.80 Å². The summed E-state index contributed by atoms with van der Waals surface area (Å²) in [6.45, 7) is 6.58. The third-order valence-corrected chi connectivity index (χ3v) is 4.21. The first kappa shape index (κ1) is 15.8. The second-order valence-electron chi connectivity index (χ2n) is 5.83. The topological polar surface area (TPSA) is 65.1 Å². The van der Waals surface area contributed by atoms with Crippen LogP contribution in [0, 0.1) is 0 Å². The van der Waals surface area contributed by atoms with Crippen molar-refractivity contribution in [2.24, 2.45) is 10.9 Å². The molecule has 21 heavy (non-hydrogen) atoms. The zero-order valence-electron chi connectivity index (χ0n) is 13.0. The molecule has 1 unspecified atom stereocenters. The molecule has 1 aromatic rings. The van der Waals surface area contributed by atoms with E-state index < -0.39 is 0 Å². The average molecular weight is 290 g/mol. The summed E-state index contributed by atoms with van der Waals surface area (Å²) in [7, 11) is 2.20. The van der Waals surface area contributed by atoms with Crippen molar-refractivity contribution in [2.75, 3.05) is 26.7 Å². The van der Waals surface area contributed by atoms with Gasteiger partial charge in [-0.2, -0.15) is 0 Å². The molecule has 1 saturated heterocycles. The first-order valence-electron chi connectivity index (χ1n) is 7.63. The first-order valence-corrected chi connectivity index (χ1v) is 7.63. The molecule has 1 aromatic carbocycles. The van der Waals surface area contributed by atoms with Crippen molar-refractivity contribution in [3.8, 4) is 0 Å². The van der Waals surface area contributed by atoms with Gasteiger partial charge in [-0.1, -0.05) is 30.3 Å². The van der Waals surface area contributed by atoms with Crippen molar-refractivity contribution in [1.29, 1.82) is 0 Å². The number of amidine groups is 1. The highest BCUT2D eigenvalue weighted by atomic mass is 16.4. The van der Waals surface area contributed by atoms with Gasteiger partial charge < -0.3 is 15.8 Å². The van der Waals surface area contributed by atoms with Gasteiger partial charge in [0, 0.05) is 31.2 Å². The Bertz CT molecular complexity index is 489. The van der Waals surface area contributed by atoms with E-state index >= 15 is 0 Å². The van der Waals surface area contributed by atoms with Crippen LogP contribution in [0.2, 0.25) is 0 Å².